The lowest BCUT2D eigenvalue weighted by molar-refractivity contribution is -0.137. The van der Waals surface area contributed by atoms with Crippen molar-refractivity contribution in [3.63, 3.8) is 0 Å². The van der Waals surface area contributed by atoms with Crippen molar-refractivity contribution in [3.05, 3.63) is 88.4 Å². The van der Waals surface area contributed by atoms with E-state index < -0.39 is 11.9 Å². The molecule has 15 nitrogen and oxygen atoms in total. The van der Waals surface area contributed by atoms with Gasteiger partial charge in [-0.2, -0.15) is 9.61 Å². The summed E-state index contributed by atoms with van der Waals surface area (Å²) in [4.78, 5) is 66.4. The largest absolute Gasteiger partial charge is 0.395 e. The Labute approximate surface area is 397 Å². The quantitative estimate of drug-likeness (QED) is 0.0676. The number of imide groups is 1. The summed E-state index contributed by atoms with van der Waals surface area (Å²) in [6, 6.07) is 20.9. The Kier molecular flexibility index (Phi) is 15.0. The van der Waals surface area contributed by atoms with Crippen molar-refractivity contribution in [2.75, 3.05) is 88.8 Å². The minimum absolute atomic E-state index is 0.0945. The number of carbonyl (C=O) groups is 4. The van der Waals surface area contributed by atoms with E-state index in [1.54, 1.807) is 5.38 Å². The lowest BCUT2D eigenvalue weighted by Gasteiger charge is -2.35. The van der Waals surface area contributed by atoms with Crippen molar-refractivity contribution >= 4 is 51.4 Å². The Bertz CT molecular complexity index is 2550. The SMILES string of the molecule is Cc1nn2c(N3CCN(CCO)CC3)cc(-c3cccc(CCCCCCCCCN4CCN(CC(=O)Nc5scc6c5CN(C5CCC(=O)NC5=O)C6=O)CC4)c3)nc2c1-c1ccccc1. The number of rotatable bonds is 19. The number of anilines is 2. The second-order valence-electron chi connectivity index (χ2n) is 18.6. The molecule has 7 heterocycles. The van der Waals surface area contributed by atoms with Crippen LogP contribution < -0.4 is 15.5 Å². The van der Waals surface area contributed by atoms with Crippen molar-refractivity contribution in [3.8, 4) is 22.4 Å². The topological polar surface area (TPSA) is 159 Å². The third-order valence-electron chi connectivity index (χ3n) is 14.0. The van der Waals surface area contributed by atoms with E-state index in [-0.39, 0.29) is 37.3 Å². The summed E-state index contributed by atoms with van der Waals surface area (Å²) in [5, 5.41) is 22.3. The van der Waals surface area contributed by atoms with E-state index in [0.717, 1.165) is 110 Å². The molecule has 3 aromatic heterocycles. The van der Waals surface area contributed by atoms with Crippen LogP contribution in [0.25, 0.3) is 28.0 Å². The van der Waals surface area contributed by atoms with Gasteiger partial charge in [0.05, 0.1) is 36.6 Å². The Morgan fingerprint density at radius 2 is 1.52 bits per heavy atom. The number of amides is 4. The average molecular weight is 929 g/mol. The van der Waals surface area contributed by atoms with E-state index in [0.29, 0.717) is 30.1 Å². The minimum Gasteiger partial charge on any atom is -0.395 e. The minimum atomic E-state index is -0.670. The molecule has 0 bridgehead atoms. The Morgan fingerprint density at radius 1 is 0.821 bits per heavy atom. The van der Waals surface area contributed by atoms with Crippen molar-refractivity contribution in [1.29, 1.82) is 0 Å². The highest BCUT2D eigenvalue weighted by Crippen LogP contribution is 2.38. The number of fused-ring (bicyclic) bond motifs is 2. The molecule has 16 heteroatoms. The first kappa shape index (κ1) is 46.6. The number of hydrogen-bond acceptors (Lipinski definition) is 12. The molecule has 3 N–H and O–H groups in total. The Balaban J connectivity index is 0.683. The zero-order valence-electron chi connectivity index (χ0n) is 38.8. The highest BCUT2D eigenvalue weighted by molar-refractivity contribution is 7.15. The van der Waals surface area contributed by atoms with Crippen LogP contribution in [-0.2, 0) is 27.3 Å². The van der Waals surface area contributed by atoms with Gasteiger partial charge in [0.2, 0.25) is 17.7 Å². The third-order valence-corrected chi connectivity index (χ3v) is 14.9. The van der Waals surface area contributed by atoms with Crippen LogP contribution in [0.5, 0.6) is 0 Å². The molecule has 4 aliphatic heterocycles. The second-order valence-corrected chi connectivity index (χ2v) is 19.4. The van der Waals surface area contributed by atoms with Crippen LogP contribution in [0.3, 0.4) is 0 Å². The standard InChI is InChI=1S/C51H64N10O5S/c1-36-47(38-15-9-7-10-16-38)48-52-42(32-46(61(48)55-36)59-27-25-57(26-28-59)29-30-62)39-17-12-14-37(31-39)13-8-5-3-2-4-6-11-20-56-21-23-58(24-22-56)34-45(64)54-50-40-33-60(51(66)41(40)35-67-50)43-18-19-44(63)53-49(43)65/h7,9-10,12,14-17,31-32,35,43,62H,2-6,8,11,13,18-30,33-34H2,1H3,(H,54,64)(H,53,63,65). The number of β-amino-alcohol motifs (C(OH)–C–C–N with tert-alkyl or cyclic N) is 1. The molecule has 354 valence electrons. The lowest BCUT2D eigenvalue weighted by atomic mass is 10.0. The Morgan fingerprint density at radius 3 is 2.28 bits per heavy atom. The molecular weight excluding hydrogens is 865 g/mol. The number of piperidine rings is 1. The van der Waals surface area contributed by atoms with E-state index in [2.05, 4.69) is 91.8 Å². The first-order valence-corrected chi connectivity index (χ1v) is 25.2. The molecule has 67 heavy (non-hydrogen) atoms. The summed E-state index contributed by atoms with van der Waals surface area (Å²) in [6.45, 7) is 11.7. The van der Waals surface area contributed by atoms with Crippen LogP contribution in [0.2, 0.25) is 0 Å². The normalized spacial score (nSPS) is 18.5. The van der Waals surface area contributed by atoms with Gasteiger partial charge in [-0.05, 0) is 56.3 Å². The fourth-order valence-corrected chi connectivity index (χ4v) is 11.2. The van der Waals surface area contributed by atoms with Gasteiger partial charge in [-0.25, -0.2) is 4.98 Å². The van der Waals surface area contributed by atoms with Gasteiger partial charge < -0.3 is 25.1 Å². The molecule has 1 atom stereocenters. The predicted octanol–water partition coefficient (Wildman–Crippen LogP) is 5.84. The summed E-state index contributed by atoms with van der Waals surface area (Å²) in [7, 11) is 0. The maximum atomic E-state index is 13.1. The first-order valence-electron chi connectivity index (χ1n) is 24.3. The molecule has 1 unspecified atom stereocenters. The number of carbonyl (C=O) groups excluding carboxylic acids is 4. The van der Waals surface area contributed by atoms with E-state index in [1.165, 1.54) is 66.7 Å². The van der Waals surface area contributed by atoms with Gasteiger partial charge in [-0.1, -0.05) is 80.6 Å². The van der Waals surface area contributed by atoms with Crippen LogP contribution in [-0.4, -0.2) is 148 Å². The fraction of sp³-hybridized carbons (Fsp3) is 0.490. The molecule has 0 saturated carbocycles. The van der Waals surface area contributed by atoms with Gasteiger partial charge in [-0.15, -0.1) is 11.3 Å². The highest BCUT2D eigenvalue weighted by atomic mass is 32.1. The monoisotopic (exact) mass is 928 g/mol. The number of unbranched alkanes of at least 4 members (excludes halogenated alkanes) is 6. The van der Waals surface area contributed by atoms with Gasteiger partial charge in [0.15, 0.2) is 5.65 Å². The average Bonchev–Trinajstić information content (AvgIpc) is 4.00. The van der Waals surface area contributed by atoms with Gasteiger partial charge >= 0.3 is 0 Å². The maximum Gasteiger partial charge on any atom is 0.256 e. The number of hydrogen-bond donors (Lipinski definition) is 3. The lowest BCUT2D eigenvalue weighted by Crippen LogP contribution is -2.52. The molecule has 3 fully saturated rings. The zero-order chi connectivity index (χ0) is 46.3. The predicted molar refractivity (Wildman–Crippen MR) is 262 cm³/mol. The number of thiophene rings is 1. The van der Waals surface area contributed by atoms with Crippen molar-refractivity contribution in [2.45, 2.75) is 83.7 Å². The smallest absolute Gasteiger partial charge is 0.256 e. The van der Waals surface area contributed by atoms with Gasteiger partial charge in [0.25, 0.3) is 5.91 Å². The molecule has 0 radical (unpaired) electrons. The Hall–Kier alpha value is -5.52. The molecular formula is C51H64N10O5S. The maximum absolute atomic E-state index is 13.1. The molecule has 5 aromatic rings. The molecule has 3 saturated heterocycles. The van der Waals surface area contributed by atoms with Crippen LogP contribution in [0.1, 0.15) is 85.0 Å². The highest BCUT2D eigenvalue weighted by Gasteiger charge is 2.41. The number of aryl methyl sites for hydroxylation is 2. The molecule has 9 rings (SSSR count). The number of piperazine rings is 2. The third kappa shape index (κ3) is 10.9. The number of aromatic nitrogens is 3. The van der Waals surface area contributed by atoms with Gasteiger partial charge in [0.1, 0.15) is 16.9 Å². The van der Waals surface area contributed by atoms with Crippen LogP contribution in [0.15, 0.2) is 66.0 Å². The van der Waals surface area contributed by atoms with E-state index in [4.69, 9.17) is 10.1 Å². The van der Waals surface area contributed by atoms with E-state index in [1.807, 2.05) is 10.6 Å². The molecule has 0 aliphatic carbocycles. The van der Waals surface area contributed by atoms with Gasteiger partial charge in [-0.3, -0.25) is 34.3 Å². The van der Waals surface area contributed by atoms with Crippen LogP contribution >= 0.6 is 11.3 Å². The second kappa shape index (κ2) is 21.6. The van der Waals surface area contributed by atoms with Crippen molar-refractivity contribution in [2.24, 2.45) is 0 Å². The molecule has 4 amide bonds. The van der Waals surface area contributed by atoms with Crippen LogP contribution in [0.4, 0.5) is 10.8 Å². The first-order chi connectivity index (χ1) is 32.7. The fourth-order valence-electron chi connectivity index (χ4n) is 10.2. The summed E-state index contributed by atoms with van der Waals surface area (Å²) < 4.78 is 2.03. The van der Waals surface area contributed by atoms with Crippen molar-refractivity contribution in [1.82, 2.24) is 39.5 Å². The number of aliphatic hydroxyl groups excluding tert-OH is 1. The van der Waals surface area contributed by atoms with E-state index >= 15 is 0 Å². The molecule has 2 aromatic carbocycles. The number of nitrogens with zero attached hydrogens (tertiary/aromatic N) is 8. The summed E-state index contributed by atoms with van der Waals surface area (Å²) in [5.74, 6) is -0.0102. The summed E-state index contributed by atoms with van der Waals surface area (Å²) in [6.07, 6.45) is 10.2. The number of benzene rings is 2. The van der Waals surface area contributed by atoms with Crippen molar-refractivity contribution < 1.29 is 24.3 Å². The van der Waals surface area contributed by atoms with Gasteiger partial charge in [0, 0.05) is 93.5 Å². The zero-order valence-corrected chi connectivity index (χ0v) is 39.6. The number of aliphatic hydroxyl groups is 1. The summed E-state index contributed by atoms with van der Waals surface area (Å²) >= 11 is 1.35. The van der Waals surface area contributed by atoms with E-state index in [9.17, 15) is 24.3 Å². The number of nitrogens with one attached hydrogen (secondary N) is 2. The summed E-state index contributed by atoms with van der Waals surface area (Å²) in [5.41, 5.74) is 8.75. The molecule has 4 aliphatic rings. The molecule has 0 spiro atoms. The van der Waals surface area contributed by atoms with Crippen LogP contribution in [0, 0.1) is 6.92 Å².